The first kappa shape index (κ1) is 15.3. The van der Waals surface area contributed by atoms with Crippen LogP contribution in [-0.4, -0.2) is 24.2 Å². The summed E-state index contributed by atoms with van der Waals surface area (Å²) in [4.78, 5) is 10.8. The fourth-order valence-electron chi connectivity index (χ4n) is 2.01. The van der Waals surface area contributed by atoms with E-state index < -0.39 is 12.0 Å². The van der Waals surface area contributed by atoms with Crippen LogP contribution in [-0.2, 0) is 11.2 Å². The quantitative estimate of drug-likeness (QED) is 0.901. The predicted molar refractivity (Wildman–Crippen MR) is 77.1 cm³/mol. The minimum atomic E-state index is -0.991. The summed E-state index contributed by atoms with van der Waals surface area (Å²) >= 11 is 0. The van der Waals surface area contributed by atoms with E-state index in [2.05, 4.69) is 0 Å². The molecule has 19 heavy (non-hydrogen) atoms. The molecule has 0 amide bonds. The molecule has 102 valence electrons. The highest BCUT2D eigenvalue weighted by atomic mass is 35.5. The van der Waals surface area contributed by atoms with Gasteiger partial charge < -0.3 is 15.6 Å². The summed E-state index contributed by atoms with van der Waals surface area (Å²) in [5.74, 6) is -0.215. The molecule has 0 heterocycles. The number of hydrogen-bond donors (Lipinski definition) is 2. The van der Waals surface area contributed by atoms with Gasteiger partial charge in [0.05, 0.1) is 7.11 Å². The van der Waals surface area contributed by atoms with Crippen LogP contribution in [0.2, 0.25) is 0 Å². The number of carboxylic acid groups (broad SMARTS) is 1. The molecule has 0 fully saturated rings. The number of ether oxygens (including phenoxy) is 1. The van der Waals surface area contributed by atoms with Crippen LogP contribution in [0.15, 0.2) is 36.4 Å². The first-order chi connectivity index (χ1) is 8.63. The SMILES string of the molecule is COc1ccc(CC(N)C(=O)O)c2ccccc12.Cl. The van der Waals surface area contributed by atoms with Crippen molar-refractivity contribution >= 4 is 29.1 Å². The Morgan fingerprint density at radius 3 is 2.47 bits per heavy atom. The van der Waals surface area contributed by atoms with Crippen molar-refractivity contribution in [1.82, 2.24) is 0 Å². The Bertz CT molecular complexity index is 586. The van der Waals surface area contributed by atoms with E-state index >= 15 is 0 Å². The molecule has 2 aromatic rings. The van der Waals surface area contributed by atoms with Gasteiger partial charge in [-0.25, -0.2) is 0 Å². The summed E-state index contributed by atoms with van der Waals surface area (Å²) in [7, 11) is 1.62. The van der Waals surface area contributed by atoms with Crippen LogP contribution in [0.4, 0.5) is 0 Å². The molecule has 0 aliphatic rings. The van der Waals surface area contributed by atoms with E-state index in [0.717, 1.165) is 22.1 Å². The van der Waals surface area contributed by atoms with Crippen LogP contribution in [0.25, 0.3) is 10.8 Å². The molecule has 0 bridgehead atoms. The molecule has 5 heteroatoms. The van der Waals surface area contributed by atoms with Crippen molar-refractivity contribution in [3.8, 4) is 5.75 Å². The van der Waals surface area contributed by atoms with Gasteiger partial charge in [0.1, 0.15) is 11.8 Å². The van der Waals surface area contributed by atoms with Gasteiger partial charge in [0, 0.05) is 5.39 Å². The van der Waals surface area contributed by atoms with Gasteiger partial charge in [-0.05, 0) is 23.4 Å². The van der Waals surface area contributed by atoms with Gasteiger partial charge in [-0.1, -0.05) is 30.3 Å². The van der Waals surface area contributed by atoms with Gasteiger partial charge in [0.25, 0.3) is 0 Å². The van der Waals surface area contributed by atoms with Gasteiger partial charge in [0.2, 0.25) is 0 Å². The number of nitrogens with two attached hydrogens (primary N) is 1. The Balaban J connectivity index is 0.00000180. The van der Waals surface area contributed by atoms with Crippen molar-refractivity contribution in [2.75, 3.05) is 7.11 Å². The Morgan fingerprint density at radius 1 is 1.26 bits per heavy atom. The lowest BCUT2D eigenvalue weighted by Gasteiger charge is -2.12. The van der Waals surface area contributed by atoms with E-state index in [-0.39, 0.29) is 12.4 Å². The smallest absolute Gasteiger partial charge is 0.320 e. The standard InChI is InChI=1S/C14H15NO3.ClH/c1-18-13-7-6-9(8-12(15)14(16)17)10-4-2-3-5-11(10)13;/h2-7,12H,8,15H2,1H3,(H,16,17);1H. The summed E-state index contributed by atoms with van der Waals surface area (Å²) in [5, 5.41) is 10.8. The molecule has 0 aromatic heterocycles. The van der Waals surface area contributed by atoms with Crippen molar-refractivity contribution in [2.24, 2.45) is 5.73 Å². The second-order valence-electron chi connectivity index (χ2n) is 4.12. The molecular formula is C14H16ClNO3. The Labute approximate surface area is 117 Å². The lowest BCUT2D eigenvalue weighted by Crippen LogP contribution is -2.32. The molecule has 0 saturated heterocycles. The van der Waals surface area contributed by atoms with Crippen LogP contribution < -0.4 is 10.5 Å². The lowest BCUT2D eigenvalue weighted by atomic mass is 9.98. The molecule has 0 saturated carbocycles. The number of carboxylic acids is 1. The Kier molecular flexibility index (Phi) is 5.15. The number of rotatable bonds is 4. The summed E-state index contributed by atoms with van der Waals surface area (Å²) in [6.07, 6.45) is 0.305. The first-order valence-electron chi connectivity index (χ1n) is 5.66. The maximum Gasteiger partial charge on any atom is 0.320 e. The van der Waals surface area contributed by atoms with Crippen molar-refractivity contribution in [2.45, 2.75) is 12.5 Å². The molecule has 1 unspecified atom stereocenters. The van der Waals surface area contributed by atoms with Crippen LogP contribution in [0.1, 0.15) is 5.56 Å². The normalized spacial score (nSPS) is 11.7. The molecule has 0 radical (unpaired) electrons. The maximum absolute atomic E-state index is 10.8. The zero-order valence-electron chi connectivity index (χ0n) is 10.5. The largest absolute Gasteiger partial charge is 0.496 e. The topological polar surface area (TPSA) is 72.5 Å². The second kappa shape index (κ2) is 6.41. The van der Waals surface area contributed by atoms with Gasteiger partial charge in [0.15, 0.2) is 0 Å². The minimum absolute atomic E-state index is 0. The monoisotopic (exact) mass is 281 g/mol. The van der Waals surface area contributed by atoms with Gasteiger partial charge in [-0.15, -0.1) is 12.4 Å². The third-order valence-corrected chi connectivity index (χ3v) is 2.95. The zero-order chi connectivity index (χ0) is 13.1. The molecule has 0 aliphatic heterocycles. The van der Waals surface area contributed by atoms with Crippen LogP contribution in [0.5, 0.6) is 5.75 Å². The average molecular weight is 282 g/mol. The molecule has 0 aliphatic carbocycles. The number of carbonyl (C=O) groups is 1. The van der Waals surface area contributed by atoms with E-state index in [1.165, 1.54) is 0 Å². The number of hydrogen-bond acceptors (Lipinski definition) is 3. The minimum Gasteiger partial charge on any atom is -0.496 e. The van der Waals surface area contributed by atoms with Gasteiger partial charge in [-0.2, -0.15) is 0 Å². The molecular weight excluding hydrogens is 266 g/mol. The second-order valence-corrected chi connectivity index (χ2v) is 4.12. The van der Waals surface area contributed by atoms with E-state index in [1.54, 1.807) is 7.11 Å². The van der Waals surface area contributed by atoms with Crippen LogP contribution in [0.3, 0.4) is 0 Å². The molecule has 1 atom stereocenters. The van der Waals surface area contributed by atoms with E-state index in [4.69, 9.17) is 15.6 Å². The number of benzene rings is 2. The van der Waals surface area contributed by atoms with Crippen molar-refractivity contribution < 1.29 is 14.6 Å². The summed E-state index contributed by atoms with van der Waals surface area (Å²) in [6.45, 7) is 0. The van der Waals surface area contributed by atoms with E-state index in [9.17, 15) is 4.79 Å². The Morgan fingerprint density at radius 2 is 1.89 bits per heavy atom. The third-order valence-electron chi connectivity index (χ3n) is 2.95. The molecule has 4 nitrogen and oxygen atoms in total. The maximum atomic E-state index is 10.8. The highest BCUT2D eigenvalue weighted by Crippen LogP contribution is 2.28. The lowest BCUT2D eigenvalue weighted by molar-refractivity contribution is -0.138. The fourth-order valence-corrected chi connectivity index (χ4v) is 2.01. The number of halogens is 1. The van der Waals surface area contributed by atoms with E-state index in [1.807, 2.05) is 36.4 Å². The molecule has 2 aromatic carbocycles. The highest BCUT2D eigenvalue weighted by molar-refractivity contribution is 5.91. The summed E-state index contributed by atoms with van der Waals surface area (Å²) < 4.78 is 5.29. The van der Waals surface area contributed by atoms with Crippen molar-refractivity contribution in [3.05, 3.63) is 42.0 Å². The van der Waals surface area contributed by atoms with Crippen molar-refractivity contribution in [3.63, 3.8) is 0 Å². The number of aliphatic carboxylic acids is 1. The molecule has 0 spiro atoms. The van der Waals surface area contributed by atoms with Crippen molar-refractivity contribution in [1.29, 1.82) is 0 Å². The summed E-state index contributed by atoms with van der Waals surface area (Å²) in [6, 6.07) is 10.5. The first-order valence-corrected chi connectivity index (χ1v) is 5.66. The molecule has 3 N–H and O–H groups in total. The zero-order valence-corrected chi connectivity index (χ0v) is 11.3. The van der Waals surface area contributed by atoms with Crippen LogP contribution >= 0.6 is 12.4 Å². The van der Waals surface area contributed by atoms with Gasteiger partial charge in [-0.3, -0.25) is 4.79 Å². The van der Waals surface area contributed by atoms with Crippen LogP contribution in [0, 0.1) is 0 Å². The third kappa shape index (κ3) is 3.16. The highest BCUT2D eigenvalue weighted by Gasteiger charge is 2.14. The predicted octanol–water partition coefficient (Wildman–Crippen LogP) is 2.22. The Hall–Kier alpha value is -1.78. The molecule has 2 rings (SSSR count). The fraction of sp³-hybridized carbons (Fsp3) is 0.214. The van der Waals surface area contributed by atoms with E-state index in [0.29, 0.717) is 6.42 Å². The number of fused-ring (bicyclic) bond motifs is 1. The average Bonchev–Trinajstić information content (AvgIpc) is 2.39. The number of methoxy groups -OCH3 is 1. The summed E-state index contributed by atoms with van der Waals surface area (Å²) in [5.41, 5.74) is 6.50. The van der Waals surface area contributed by atoms with Gasteiger partial charge >= 0.3 is 5.97 Å².